The van der Waals surface area contributed by atoms with Gasteiger partial charge in [-0.2, -0.15) is 0 Å². The van der Waals surface area contributed by atoms with E-state index in [-0.39, 0.29) is 16.1 Å². The molecule has 152 valence electrons. The van der Waals surface area contributed by atoms with Crippen LogP contribution in [0.25, 0.3) is 11.5 Å². The van der Waals surface area contributed by atoms with E-state index in [1.165, 1.54) is 12.1 Å². The van der Waals surface area contributed by atoms with Crippen LogP contribution >= 0.6 is 23.2 Å². The van der Waals surface area contributed by atoms with E-state index in [1.807, 2.05) is 13.8 Å². The van der Waals surface area contributed by atoms with Crippen molar-refractivity contribution in [2.24, 2.45) is 0 Å². The molecule has 0 spiro atoms. The van der Waals surface area contributed by atoms with Gasteiger partial charge in [0.25, 0.3) is 0 Å². The number of nitrogens with one attached hydrogen (secondary N) is 2. The summed E-state index contributed by atoms with van der Waals surface area (Å²) in [4.78, 5) is 13.4. The summed E-state index contributed by atoms with van der Waals surface area (Å²) in [6.07, 6.45) is 1.16. The van der Waals surface area contributed by atoms with Gasteiger partial charge in [0.1, 0.15) is 22.5 Å². The van der Waals surface area contributed by atoms with Crippen molar-refractivity contribution in [2.75, 3.05) is 16.9 Å². The van der Waals surface area contributed by atoms with Crippen LogP contribution in [-0.4, -0.2) is 35.7 Å². The molecule has 2 heterocycles. The molecule has 2 aromatic heterocycles. The van der Waals surface area contributed by atoms with Crippen molar-refractivity contribution in [3.63, 3.8) is 0 Å². The van der Waals surface area contributed by atoms with Crippen LogP contribution in [0.1, 0.15) is 13.8 Å². The average Bonchev–Trinajstić information content (AvgIpc) is 2.59. The summed E-state index contributed by atoms with van der Waals surface area (Å²) in [6.45, 7) is 3.97. The molecule has 0 saturated carbocycles. The Morgan fingerprint density at radius 1 is 0.966 bits per heavy atom. The molecular formula is C19H19Cl2N5O2S. The Labute approximate surface area is 179 Å². The van der Waals surface area contributed by atoms with Gasteiger partial charge in [-0.3, -0.25) is 0 Å². The quantitative estimate of drug-likeness (QED) is 0.518. The van der Waals surface area contributed by atoms with Gasteiger partial charge in [0, 0.05) is 29.1 Å². The molecule has 10 heteroatoms. The number of nitrogens with zero attached hydrogens (tertiary/aromatic N) is 3. The van der Waals surface area contributed by atoms with E-state index in [9.17, 15) is 8.42 Å². The monoisotopic (exact) mass is 451 g/mol. The molecule has 29 heavy (non-hydrogen) atoms. The van der Waals surface area contributed by atoms with Gasteiger partial charge in [-0.1, -0.05) is 29.3 Å². The number of anilines is 3. The minimum absolute atomic E-state index is 0.134. The number of hydrogen-bond donors (Lipinski definition) is 2. The first kappa shape index (κ1) is 21.3. The SMILES string of the molecule is CC(C)Nc1cc(Nc2cccc(S(C)(=O)=O)c2)nc(-c2cc(Cl)cc(Cl)n2)n1. The molecule has 7 nitrogen and oxygen atoms in total. The molecule has 0 atom stereocenters. The molecule has 0 bridgehead atoms. The summed E-state index contributed by atoms with van der Waals surface area (Å²) in [5, 5.41) is 6.99. The largest absolute Gasteiger partial charge is 0.368 e. The smallest absolute Gasteiger partial charge is 0.182 e. The first-order valence-electron chi connectivity index (χ1n) is 8.66. The first-order valence-corrected chi connectivity index (χ1v) is 11.3. The third-order valence-corrected chi connectivity index (χ3v) is 5.21. The standard InChI is InChI=1S/C19H19Cl2N5O2S/c1-11(2)22-17-10-18(23-13-5-4-6-14(9-13)29(3,27)28)26-19(25-17)15-7-12(20)8-16(21)24-15/h4-11H,1-3H3,(H2,22,23,25,26). The number of aromatic nitrogens is 3. The van der Waals surface area contributed by atoms with Crippen molar-refractivity contribution in [3.05, 3.63) is 52.6 Å². The Balaban J connectivity index is 2.04. The van der Waals surface area contributed by atoms with Crippen LogP contribution in [0.4, 0.5) is 17.3 Å². The number of rotatable bonds is 6. The van der Waals surface area contributed by atoms with Crippen LogP contribution in [-0.2, 0) is 9.84 Å². The lowest BCUT2D eigenvalue weighted by Gasteiger charge is -2.14. The molecule has 0 radical (unpaired) electrons. The molecule has 0 saturated heterocycles. The van der Waals surface area contributed by atoms with Crippen molar-refractivity contribution in [1.29, 1.82) is 0 Å². The maximum Gasteiger partial charge on any atom is 0.182 e. The van der Waals surface area contributed by atoms with Gasteiger partial charge in [-0.15, -0.1) is 0 Å². The lowest BCUT2D eigenvalue weighted by molar-refractivity contribution is 0.602. The van der Waals surface area contributed by atoms with Crippen molar-refractivity contribution in [2.45, 2.75) is 24.8 Å². The van der Waals surface area contributed by atoms with E-state index in [2.05, 4.69) is 25.6 Å². The second-order valence-corrected chi connectivity index (χ2v) is 9.52. The molecule has 0 aliphatic heterocycles. The highest BCUT2D eigenvalue weighted by Gasteiger charge is 2.12. The zero-order valence-electron chi connectivity index (χ0n) is 15.9. The number of pyridine rings is 1. The molecule has 0 aliphatic carbocycles. The summed E-state index contributed by atoms with van der Waals surface area (Å²) in [5.41, 5.74) is 0.994. The normalized spacial score (nSPS) is 11.5. The fourth-order valence-electron chi connectivity index (χ4n) is 2.53. The summed E-state index contributed by atoms with van der Waals surface area (Å²) < 4.78 is 23.6. The Kier molecular flexibility index (Phi) is 6.26. The lowest BCUT2D eigenvalue weighted by atomic mass is 10.3. The number of halogens is 2. The van der Waals surface area contributed by atoms with Gasteiger partial charge < -0.3 is 10.6 Å². The average molecular weight is 452 g/mol. The molecule has 2 N–H and O–H groups in total. The minimum atomic E-state index is -3.33. The lowest BCUT2D eigenvalue weighted by Crippen LogP contribution is -2.12. The highest BCUT2D eigenvalue weighted by atomic mass is 35.5. The van der Waals surface area contributed by atoms with Gasteiger partial charge in [0.2, 0.25) is 0 Å². The Morgan fingerprint density at radius 2 is 1.69 bits per heavy atom. The number of benzene rings is 1. The van der Waals surface area contributed by atoms with Gasteiger partial charge in [-0.25, -0.2) is 23.4 Å². The van der Waals surface area contributed by atoms with E-state index in [4.69, 9.17) is 23.2 Å². The van der Waals surface area contributed by atoms with E-state index in [0.717, 1.165) is 6.26 Å². The Bertz CT molecular complexity index is 1130. The number of sulfone groups is 1. The van der Waals surface area contributed by atoms with Crippen LogP contribution < -0.4 is 10.6 Å². The third kappa shape index (κ3) is 5.79. The van der Waals surface area contributed by atoms with E-state index in [0.29, 0.717) is 33.9 Å². The Morgan fingerprint density at radius 3 is 2.34 bits per heavy atom. The predicted molar refractivity (Wildman–Crippen MR) is 117 cm³/mol. The fraction of sp³-hybridized carbons (Fsp3) is 0.211. The minimum Gasteiger partial charge on any atom is -0.368 e. The first-order chi connectivity index (χ1) is 13.6. The highest BCUT2D eigenvalue weighted by Crippen LogP contribution is 2.26. The van der Waals surface area contributed by atoms with Crippen molar-refractivity contribution in [3.8, 4) is 11.5 Å². The van der Waals surface area contributed by atoms with Gasteiger partial charge in [-0.05, 0) is 44.2 Å². The summed E-state index contributed by atoms with van der Waals surface area (Å²) >= 11 is 12.1. The van der Waals surface area contributed by atoms with Crippen LogP contribution in [0.3, 0.4) is 0 Å². The predicted octanol–water partition coefficient (Wildman–Crippen LogP) is 4.81. The van der Waals surface area contributed by atoms with Crippen LogP contribution in [0, 0.1) is 0 Å². The van der Waals surface area contributed by atoms with Crippen LogP contribution in [0.2, 0.25) is 10.2 Å². The zero-order chi connectivity index (χ0) is 21.2. The third-order valence-electron chi connectivity index (χ3n) is 3.69. The van der Waals surface area contributed by atoms with E-state index in [1.54, 1.807) is 30.3 Å². The van der Waals surface area contributed by atoms with E-state index >= 15 is 0 Å². The molecule has 0 aliphatic rings. The van der Waals surface area contributed by atoms with E-state index < -0.39 is 9.84 Å². The van der Waals surface area contributed by atoms with Crippen molar-refractivity contribution in [1.82, 2.24) is 15.0 Å². The second kappa shape index (κ2) is 8.52. The van der Waals surface area contributed by atoms with Gasteiger partial charge in [0.05, 0.1) is 4.90 Å². The summed E-state index contributed by atoms with van der Waals surface area (Å²) in [7, 11) is -3.33. The maximum atomic E-state index is 11.8. The zero-order valence-corrected chi connectivity index (χ0v) is 18.3. The molecular weight excluding hydrogens is 433 g/mol. The van der Waals surface area contributed by atoms with Gasteiger partial charge in [0.15, 0.2) is 15.7 Å². The highest BCUT2D eigenvalue weighted by molar-refractivity contribution is 7.90. The van der Waals surface area contributed by atoms with Crippen molar-refractivity contribution >= 4 is 50.4 Å². The maximum absolute atomic E-state index is 11.8. The topological polar surface area (TPSA) is 96.9 Å². The molecule has 0 fully saturated rings. The Hall–Kier alpha value is -2.42. The molecule has 3 rings (SSSR count). The molecule has 0 amide bonds. The fourth-order valence-corrected chi connectivity index (χ4v) is 3.67. The molecule has 1 aromatic carbocycles. The van der Waals surface area contributed by atoms with Crippen molar-refractivity contribution < 1.29 is 8.42 Å². The summed E-state index contributed by atoms with van der Waals surface area (Å²) in [5.74, 6) is 1.35. The molecule has 0 unspecified atom stereocenters. The van der Waals surface area contributed by atoms with Gasteiger partial charge >= 0.3 is 0 Å². The summed E-state index contributed by atoms with van der Waals surface area (Å²) in [6, 6.07) is 11.5. The number of hydrogen-bond acceptors (Lipinski definition) is 7. The second-order valence-electron chi connectivity index (χ2n) is 6.68. The molecule has 3 aromatic rings. The van der Waals surface area contributed by atoms with Crippen LogP contribution in [0.15, 0.2) is 47.4 Å². The van der Waals surface area contributed by atoms with Crippen LogP contribution in [0.5, 0.6) is 0 Å².